The third kappa shape index (κ3) is 6.98. The first kappa shape index (κ1) is 22.5. The van der Waals surface area contributed by atoms with Gasteiger partial charge in [0.15, 0.2) is 0 Å². The molecule has 0 amide bonds. The van der Waals surface area contributed by atoms with Crippen molar-refractivity contribution in [2.45, 2.75) is 59.8 Å². The zero-order valence-corrected chi connectivity index (χ0v) is 17.9. The zero-order valence-electron chi connectivity index (χ0n) is 16.4. The van der Waals surface area contributed by atoms with E-state index in [0.717, 1.165) is 54.9 Å². The van der Waals surface area contributed by atoms with Crippen LogP contribution in [0.15, 0.2) is 58.5 Å². The first-order valence-corrected chi connectivity index (χ1v) is 9.47. The van der Waals surface area contributed by atoms with Gasteiger partial charge in [-0.15, -0.1) is 0 Å². The minimum atomic E-state index is 0. The molecule has 26 heavy (non-hydrogen) atoms. The van der Waals surface area contributed by atoms with Crippen LogP contribution in [0.5, 0.6) is 0 Å². The van der Waals surface area contributed by atoms with Gasteiger partial charge in [-0.05, 0) is 68.0 Å². The van der Waals surface area contributed by atoms with Gasteiger partial charge in [-0.25, -0.2) is 0 Å². The second kappa shape index (κ2) is 11.9. The fraction of sp³-hybridized carbons (Fsp3) is 0.391. The summed E-state index contributed by atoms with van der Waals surface area (Å²) < 4.78 is 0. The molecule has 2 rings (SSSR count). The molecule has 0 aromatic heterocycles. The number of hydrogen-bond acceptors (Lipinski definition) is 2. The van der Waals surface area contributed by atoms with E-state index in [1.807, 2.05) is 0 Å². The molecule has 0 aliphatic heterocycles. The molecule has 0 saturated heterocycles. The SMILES string of the molecule is CCCCC(=Nc1cccc(CC)c1)C(C)=Nc1cccc(CC)c1.[Pd]. The van der Waals surface area contributed by atoms with Gasteiger partial charge in [-0.2, -0.15) is 0 Å². The monoisotopic (exact) mass is 440 g/mol. The maximum Gasteiger partial charge on any atom is 0.0636 e. The molecule has 0 aliphatic carbocycles. The van der Waals surface area contributed by atoms with Gasteiger partial charge < -0.3 is 0 Å². The molecule has 0 atom stereocenters. The van der Waals surface area contributed by atoms with Crippen LogP contribution in [0.3, 0.4) is 0 Å². The predicted octanol–water partition coefficient (Wildman–Crippen LogP) is 6.86. The molecule has 0 fully saturated rings. The maximum atomic E-state index is 4.93. The third-order valence-corrected chi connectivity index (χ3v) is 4.38. The number of nitrogens with zero attached hydrogens (tertiary/aromatic N) is 2. The first-order chi connectivity index (χ1) is 12.2. The predicted molar refractivity (Wildman–Crippen MR) is 111 cm³/mol. The van der Waals surface area contributed by atoms with Crippen LogP contribution in [0, 0.1) is 0 Å². The summed E-state index contributed by atoms with van der Waals surface area (Å²) >= 11 is 0. The van der Waals surface area contributed by atoms with Crippen LogP contribution in [-0.2, 0) is 33.3 Å². The van der Waals surface area contributed by atoms with Crippen molar-refractivity contribution in [3.63, 3.8) is 0 Å². The Morgan fingerprint density at radius 3 is 1.85 bits per heavy atom. The van der Waals surface area contributed by atoms with Crippen molar-refractivity contribution in [3.8, 4) is 0 Å². The van der Waals surface area contributed by atoms with Crippen molar-refractivity contribution in [1.29, 1.82) is 0 Å². The van der Waals surface area contributed by atoms with Crippen molar-refractivity contribution < 1.29 is 20.4 Å². The van der Waals surface area contributed by atoms with Gasteiger partial charge in [0.25, 0.3) is 0 Å². The first-order valence-electron chi connectivity index (χ1n) is 9.47. The second-order valence-electron chi connectivity index (χ2n) is 6.41. The van der Waals surface area contributed by atoms with Gasteiger partial charge in [0, 0.05) is 20.4 Å². The van der Waals surface area contributed by atoms with E-state index >= 15 is 0 Å². The molecular weight excluding hydrogens is 411 g/mol. The molecule has 0 aliphatic rings. The summed E-state index contributed by atoms with van der Waals surface area (Å²) in [4.78, 5) is 9.77. The summed E-state index contributed by atoms with van der Waals surface area (Å²) in [6.07, 6.45) is 5.32. The van der Waals surface area contributed by atoms with E-state index in [1.54, 1.807) is 0 Å². The van der Waals surface area contributed by atoms with E-state index in [1.165, 1.54) is 11.1 Å². The summed E-state index contributed by atoms with van der Waals surface area (Å²) in [5.41, 5.74) is 6.80. The molecule has 2 aromatic rings. The fourth-order valence-electron chi connectivity index (χ4n) is 2.77. The van der Waals surface area contributed by atoms with E-state index in [0.29, 0.717) is 0 Å². The van der Waals surface area contributed by atoms with E-state index in [9.17, 15) is 0 Å². The smallest absolute Gasteiger partial charge is 0.0636 e. The minimum absolute atomic E-state index is 0. The number of aliphatic imine (C=N–C) groups is 2. The Balaban J connectivity index is 0.00000338. The van der Waals surface area contributed by atoms with Crippen LogP contribution in [0.25, 0.3) is 0 Å². The summed E-state index contributed by atoms with van der Waals surface area (Å²) in [7, 11) is 0. The van der Waals surface area contributed by atoms with Crippen LogP contribution < -0.4 is 0 Å². The van der Waals surface area contributed by atoms with Crippen LogP contribution in [-0.4, -0.2) is 11.4 Å². The van der Waals surface area contributed by atoms with Crippen molar-refractivity contribution in [2.75, 3.05) is 0 Å². The molecule has 142 valence electrons. The van der Waals surface area contributed by atoms with Crippen molar-refractivity contribution >= 4 is 22.8 Å². The van der Waals surface area contributed by atoms with Gasteiger partial charge in [-0.3, -0.25) is 9.98 Å². The average Bonchev–Trinajstić information content (AvgIpc) is 2.65. The third-order valence-electron chi connectivity index (χ3n) is 4.38. The topological polar surface area (TPSA) is 24.7 Å². The summed E-state index contributed by atoms with van der Waals surface area (Å²) in [6.45, 7) is 8.64. The molecule has 2 nitrogen and oxygen atoms in total. The molecule has 0 N–H and O–H groups in total. The van der Waals surface area contributed by atoms with Gasteiger partial charge >= 0.3 is 0 Å². The molecule has 3 heteroatoms. The van der Waals surface area contributed by atoms with Crippen LogP contribution in [0.1, 0.15) is 58.1 Å². The number of hydrogen-bond donors (Lipinski definition) is 0. The summed E-state index contributed by atoms with van der Waals surface area (Å²) in [6, 6.07) is 17.0. The molecule has 0 bridgehead atoms. The van der Waals surface area contributed by atoms with Gasteiger partial charge in [0.2, 0.25) is 0 Å². The maximum absolute atomic E-state index is 4.93. The van der Waals surface area contributed by atoms with E-state index in [4.69, 9.17) is 9.98 Å². The fourth-order valence-corrected chi connectivity index (χ4v) is 2.77. The molecule has 0 radical (unpaired) electrons. The molecule has 2 aromatic carbocycles. The molecule has 0 heterocycles. The standard InChI is InChI=1S/C23H30N2.Pd/c1-5-8-15-23(25-22-14-10-12-20(7-3)17-22)18(4)24-21-13-9-11-19(6-2)16-21;/h9-14,16-17H,5-8,15H2,1-4H3;. The van der Waals surface area contributed by atoms with Crippen LogP contribution in [0.2, 0.25) is 0 Å². The Morgan fingerprint density at radius 1 is 0.808 bits per heavy atom. The molecule has 0 unspecified atom stereocenters. The summed E-state index contributed by atoms with van der Waals surface area (Å²) in [5, 5.41) is 0. The van der Waals surface area contributed by atoms with Crippen molar-refractivity contribution in [1.82, 2.24) is 0 Å². The van der Waals surface area contributed by atoms with E-state index < -0.39 is 0 Å². The number of aryl methyl sites for hydroxylation is 2. The second-order valence-corrected chi connectivity index (χ2v) is 6.41. The molecule has 0 spiro atoms. The Bertz CT molecular complexity index is 747. The van der Waals surface area contributed by atoms with Gasteiger partial charge in [0.1, 0.15) is 0 Å². The largest absolute Gasteiger partial charge is 0.252 e. The van der Waals surface area contributed by atoms with Crippen LogP contribution >= 0.6 is 0 Å². The normalized spacial score (nSPS) is 12.0. The Kier molecular flexibility index (Phi) is 10.3. The number of rotatable bonds is 8. The number of unbranched alkanes of at least 4 members (excludes halogenated alkanes) is 1. The van der Waals surface area contributed by atoms with Gasteiger partial charge in [-0.1, -0.05) is 51.5 Å². The zero-order chi connectivity index (χ0) is 18.1. The van der Waals surface area contributed by atoms with Crippen molar-refractivity contribution in [3.05, 3.63) is 59.7 Å². The van der Waals surface area contributed by atoms with Crippen molar-refractivity contribution in [2.24, 2.45) is 9.98 Å². The Labute approximate surface area is 172 Å². The molecule has 0 saturated carbocycles. The van der Waals surface area contributed by atoms with E-state index in [2.05, 4.69) is 76.2 Å². The van der Waals surface area contributed by atoms with Crippen LogP contribution in [0.4, 0.5) is 11.4 Å². The van der Waals surface area contributed by atoms with Gasteiger partial charge in [0.05, 0.1) is 22.8 Å². The minimum Gasteiger partial charge on any atom is -0.252 e. The quantitative estimate of drug-likeness (QED) is 0.316. The Hall–Kier alpha value is -1.56. The number of benzene rings is 2. The van der Waals surface area contributed by atoms with E-state index in [-0.39, 0.29) is 20.4 Å². The average molecular weight is 441 g/mol. The summed E-state index contributed by atoms with van der Waals surface area (Å²) in [5.74, 6) is 0. The Morgan fingerprint density at radius 2 is 1.35 bits per heavy atom. The molecular formula is C23H30N2Pd.